The van der Waals surface area contributed by atoms with Gasteiger partial charge in [-0.3, -0.25) is 9.10 Å². The second-order valence-corrected chi connectivity index (χ2v) is 9.23. The molecule has 1 N–H and O–H groups in total. The van der Waals surface area contributed by atoms with E-state index in [9.17, 15) is 13.2 Å². The number of hydrazone groups is 1. The van der Waals surface area contributed by atoms with Crippen molar-refractivity contribution >= 4 is 39.4 Å². The van der Waals surface area contributed by atoms with Crippen LogP contribution in [0, 0.1) is 0 Å². The molecule has 8 nitrogen and oxygen atoms in total. The molecule has 178 valence electrons. The minimum atomic E-state index is -4.12. The van der Waals surface area contributed by atoms with Crippen molar-refractivity contribution in [1.82, 2.24) is 5.43 Å². The van der Waals surface area contributed by atoms with Crippen LogP contribution in [0.2, 0.25) is 5.02 Å². The van der Waals surface area contributed by atoms with Crippen LogP contribution in [0.4, 0.5) is 5.69 Å². The first-order chi connectivity index (χ1) is 16.3. The first-order valence-electron chi connectivity index (χ1n) is 10.3. The Balaban J connectivity index is 1.84. The highest BCUT2D eigenvalue weighted by atomic mass is 35.5. The Morgan fingerprint density at radius 1 is 1.09 bits per heavy atom. The summed E-state index contributed by atoms with van der Waals surface area (Å²) in [5.41, 5.74) is 3.23. The molecular formula is C24H24ClN3O5S. The van der Waals surface area contributed by atoms with Crippen molar-refractivity contribution in [2.45, 2.75) is 11.8 Å². The number of amides is 1. The van der Waals surface area contributed by atoms with Crippen molar-refractivity contribution in [1.29, 1.82) is 0 Å². The van der Waals surface area contributed by atoms with Crippen molar-refractivity contribution in [2.24, 2.45) is 5.10 Å². The van der Waals surface area contributed by atoms with E-state index in [0.29, 0.717) is 6.61 Å². The first-order valence-corrected chi connectivity index (χ1v) is 12.1. The number of rotatable bonds is 10. The van der Waals surface area contributed by atoms with E-state index in [1.807, 2.05) is 6.92 Å². The van der Waals surface area contributed by atoms with Gasteiger partial charge in [-0.05, 0) is 67.1 Å². The summed E-state index contributed by atoms with van der Waals surface area (Å²) in [5.74, 6) is 0.319. The molecule has 0 fully saturated rings. The van der Waals surface area contributed by atoms with E-state index in [2.05, 4.69) is 10.5 Å². The summed E-state index contributed by atoms with van der Waals surface area (Å²) in [6.07, 6.45) is 1.45. The number of nitrogens with zero attached hydrogens (tertiary/aromatic N) is 2. The second kappa shape index (κ2) is 11.5. The fourth-order valence-corrected chi connectivity index (χ4v) is 4.65. The van der Waals surface area contributed by atoms with Gasteiger partial charge in [-0.2, -0.15) is 5.10 Å². The van der Waals surface area contributed by atoms with Crippen LogP contribution in [-0.4, -0.2) is 40.8 Å². The monoisotopic (exact) mass is 501 g/mol. The maximum Gasteiger partial charge on any atom is 0.264 e. The quantitative estimate of drug-likeness (QED) is 0.333. The van der Waals surface area contributed by atoms with Crippen LogP contribution < -0.4 is 19.2 Å². The molecular weight excluding hydrogens is 478 g/mol. The summed E-state index contributed by atoms with van der Waals surface area (Å²) >= 11 is 6.12. The van der Waals surface area contributed by atoms with Crippen molar-refractivity contribution in [2.75, 3.05) is 24.6 Å². The molecule has 3 rings (SSSR count). The van der Waals surface area contributed by atoms with Crippen LogP contribution in [0.15, 0.2) is 82.8 Å². The molecule has 0 radical (unpaired) electrons. The molecule has 10 heteroatoms. The molecule has 0 aromatic heterocycles. The fourth-order valence-electron chi connectivity index (χ4n) is 3.04. The Morgan fingerprint density at radius 3 is 2.44 bits per heavy atom. The third-order valence-corrected chi connectivity index (χ3v) is 6.63. The number of anilines is 1. The van der Waals surface area contributed by atoms with Crippen molar-refractivity contribution < 1.29 is 22.7 Å². The summed E-state index contributed by atoms with van der Waals surface area (Å²) in [5, 5.41) is 4.22. The highest BCUT2D eigenvalue weighted by Gasteiger charge is 2.29. The topological polar surface area (TPSA) is 97.3 Å². The third-order valence-electron chi connectivity index (χ3n) is 4.62. The molecule has 0 aliphatic carbocycles. The number of benzene rings is 3. The number of nitrogens with one attached hydrogen (secondary N) is 1. The zero-order valence-electron chi connectivity index (χ0n) is 18.6. The maximum absolute atomic E-state index is 13.4. The number of ether oxygens (including phenoxy) is 2. The Morgan fingerprint density at radius 2 is 1.79 bits per heavy atom. The van der Waals surface area contributed by atoms with Crippen molar-refractivity contribution in [3.05, 3.63) is 83.4 Å². The van der Waals surface area contributed by atoms with Gasteiger partial charge in [0.1, 0.15) is 18.0 Å². The van der Waals surface area contributed by atoms with Crippen LogP contribution in [0.1, 0.15) is 12.5 Å². The van der Waals surface area contributed by atoms with Crippen molar-refractivity contribution in [3.63, 3.8) is 0 Å². The van der Waals surface area contributed by atoms with E-state index in [4.69, 9.17) is 21.1 Å². The number of hydrogen-bond acceptors (Lipinski definition) is 6. The number of halogens is 1. The maximum atomic E-state index is 13.4. The van der Waals surface area contributed by atoms with Gasteiger partial charge in [0.25, 0.3) is 15.9 Å². The smallest absolute Gasteiger partial charge is 0.264 e. The second-order valence-electron chi connectivity index (χ2n) is 6.94. The van der Waals surface area contributed by atoms with Gasteiger partial charge in [0.2, 0.25) is 0 Å². The summed E-state index contributed by atoms with van der Waals surface area (Å²) in [6, 6.07) is 19.5. The zero-order chi connectivity index (χ0) is 24.6. The average molecular weight is 502 g/mol. The summed E-state index contributed by atoms with van der Waals surface area (Å²) in [6.45, 7) is 1.91. The largest absolute Gasteiger partial charge is 0.495 e. The van der Waals surface area contributed by atoms with E-state index in [1.54, 1.807) is 48.5 Å². The molecule has 3 aromatic carbocycles. The van der Waals surface area contributed by atoms with Crippen LogP contribution in [-0.2, 0) is 14.8 Å². The minimum Gasteiger partial charge on any atom is -0.495 e. The van der Waals surface area contributed by atoms with Crippen LogP contribution in [0.25, 0.3) is 0 Å². The normalized spacial score (nSPS) is 11.3. The molecule has 1 amide bonds. The molecule has 34 heavy (non-hydrogen) atoms. The first kappa shape index (κ1) is 25.1. The lowest BCUT2D eigenvalue weighted by atomic mass is 10.2. The number of sulfonamides is 1. The SMILES string of the molecule is CCOc1ccc(/C=N\NC(=O)CN(c2cc(Cl)ccc2OC)S(=O)(=O)c2ccccc2)cc1. The van der Waals surface area contributed by atoms with Gasteiger partial charge < -0.3 is 9.47 Å². The van der Waals surface area contributed by atoms with Gasteiger partial charge in [0.15, 0.2) is 0 Å². The fraction of sp³-hybridized carbons (Fsp3) is 0.167. The van der Waals surface area contributed by atoms with Gasteiger partial charge in [-0.15, -0.1) is 0 Å². The van der Waals surface area contributed by atoms with Crippen molar-refractivity contribution in [3.8, 4) is 11.5 Å². The molecule has 3 aromatic rings. The lowest BCUT2D eigenvalue weighted by molar-refractivity contribution is -0.119. The molecule has 0 bridgehead atoms. The predicted molar refractivity (Wildman–Crippen MR) is 132 cm³/mol. The average Bonchev–Trinajstić information content (AvgIpc) is 2.84. The zero-order valence-corrected chi connectivity index (χ0v) is 20.2. The number of carbonyl (C=O) groups is 1. The summed E-state index contributed by atoms with van der Waals surface area (Å²) in [7, 11) is -2.71. The van der Waals surface area contributed by atoms with E-state index >= 15 is 0 Å². The standard InChI is InChI=1S/C24H24ClN3O5S/c1-3-33-20-12-9-18(10-13-20)16-26-27-24(29)17-28(22-15-19(25)11-14-23(22)32-2)34(30,31)21-7-5-4-6-8-21/h4-16H,3,17H2,1-2H3,(H,27,29)/b26-16-. The molecule has 0 spiro atoms. The van der Waals surface area contributed by atoms with Gasteiger partial charge in [0, 0.05) is 5.02 Å². The number of methoxy groups -OCH3 is 1. The van der Waals surface area contributed by atoms with Crippen LogP contribution in [0.3, 0.4) is 0 Å². The Labute approximate surface area is 203 Å². The predicted octanol–water partition coefficient (Wildman–Crippen LogP) is 4.09. The van der Waals surface area contributed by atoms with E-state index in [0.717, 1.165) is 15.6 Å². The molecule has 0 aliphatic heterocycles. The lowest BCUT2D eigenvalue weighted by Gasteiger charge is -2.25. The van der Waals surface area contributed by atoms with Gasteiger partial charge in [0.05, 0.1) is 30.5 Å². The van der Waals surface area contributed by atoms with Gasteiger partial charge in [-0.1, -0.05) is 29.8 Å². The Bertz CT molecular complexity index is 1250. The van der Waals surface area contributed by atoms with E-state index < -0.39 is 22.5 Å². The Hall–Kier alpha value is -3.56. The molecule has 0 saturated carbocycles. The molecule has 0 aliphatic rings. The third kappa shape index (κ3) is 6.27. The lowest BCUT2D eigenvalue weighted by Crippen LogP contribution is -2.39. The number of hydrogen-bond donors (Lipinski definition) is 1. The van der Waals surface area contributed by atoms with E-state index in [-0.39, 0.29) is 21.4 Å². The van der Waals surface area contributed by atoms with Crippen LogP contribution >= 0.6 is 11.6 Å². The minimum absolute atomic E-state index is 0.0164. The molecule has 0 atom stereocenters. The number of carbonyl (C=O) groups excluding carboxylic acids is 1. The van der Waals surface area contributed by atoms with Crippen LogP contribution in [0.5, 0.6) is 11.5 Å². The summed E-state index contributed by atoms with van der Waals surface area (Å²) < 4.78 is 38.5. The highest BCUT2D eigenvalue weighted by molar-refractivity contribution is 7.92. The summed E-state index contributed by atoms with van der Waals surface area (Å²) in [4.78, 5) is 12.7. The van der Waals surface area contributed by atoms with E-state index in [1.165, 1.54) is 37.6 Å². The van der Waals surface area contributed by atoms with Gasteiger partial charge in [-0.25, -0.2) is 13.8 Å². The molecule has 0 heterocycles. The highest BCUT2D eigenvalue weighted by Crippen LogP contribution is 2.34. The van der Waals surface area contributed by atoms with Gasteiger partial charge >= 0.3 is 0 Å². The molecule has 0 unspecified atom stereocenters. The molecule has 0 saturated heterocycles. The Kier molecular flexibility index (Phi) is 8.50.